The number of piperidine rings is 1. The molecule has 0 amide bonds. The summed E-state index contributed by atoms with van der Waals surface area (Å²) in [6.45, 7) is 1.96. The fourth-order valence-electron chi connectivity index (χ4n) is 3.65. The first-order valence-electron chi connectivity index (χ1n) is 7.71. The second-order valence-corrected chi connectivity index (χ2v) is 6.68. The third-order valence-electron chi connectivity index (χ3n) is 4.92. The summed E-state index contributed by atoms with van der Waals surface area (Å²) in [5.41, 5.74) is 1.76. The summed E-state index contributed by atoms with van der Waals surface area (Å²) in [4.78, 5) is 12.6. The number of aryl methyl sites for hydroxylation is 1. The summed E-state index contributed by atoms with van der Waals surface area (Å²) in [5, 5.41) is 4.28. The van der Waals surface area contributed by atoms with Crippen LogP contribution in [0.5, 0.6) is 0 Å². The van der Waals surface area contributed by atoms with Gasteiger partial charge in [-0.15, -0.1) is 0 Å². The van der Waals surface area contributed by atoms with E-state index in [9.17, 15) is 4.79 Å². The van der Waals surface area contributed by atoms with E-state index in [0.29, 0.717) is 11.1 Å². The van der Waals surface area contributed by atoms with E-state index in [2.05, 4.69) is 5.32 Å². The van der Waals surface area contributed by atoms with E-state index in [1.54, 1.807) is 0 Å². The molecule has 0 bridgehead atoms. The molecule has 3 atom stereocenters. The molecule has 2 aliphatic rings. The van der Waals surface area contributed by atoms with Gasteiger partial charge in [-0.2, -0.15) is 0 Å². The predicted octanol–water partition coefficient (Wildman–Crippen LogP) is 4.14. The van der Waals surface area contributed by atoms with E-state index in [1.165, 1.54) is 32.1 Å². The number of ketones is 1. The Labute approximate surface area is 125 Å². The number of rotatable bonds is 2. The van der Waals surface area contributed by atoms with Gasteiger partial charge in [0.15, 0.2) is 5.78 Å². The summed E-state index contributed by atoms with van der Waals surface area (Å²) in [5.74, 6) is 0.991. The molecule has 1 heterocycles. The van der Waals surface area contributed by atoms with Gasteiger partial charge >= 0.3 is 0 Å². The van der Waals surface area contributed by atoms with Gasteiger partial charge in [0.05, 0.1) is 6.04 Å². The second kappa shape index (κ2) is 5.87. The average Bonchev–Trinajstić information content (AvgIpc) is 2.49. The molecule has 1 saturated carbocycles. The minimum atomic E-state index is -0.0203. The Bertz CT molecular complexity index is 514. The van der Waals surface area contributed by atoms with Gasteiger partial charge in [-0.05, 0) is 50.2 Å². The molecule has 0 spiro atoms. The SMILES string of the molecule is Cc1ccc(C(=O)C2CCC3CCCCC3N2)cc1Cl. The highest BCUT2D eigenvalue weighted by molar-refractivity contribution is 6.31. The molecule has 3 rings (SSSR count). The molecule has 3 unspecified atom stereocenters. The molecule has 3 heteroatoms. The quantitative estimate of drug-likeness (QED) is 0.830. The van der Waals surface area contributed by atoms with Crippen LogP contribution in [0.2, 0.25) is 5.02 Å². The van der Waals surface area contributed by atoms with Gasteiger partial charge in [0.2, 0.25) is 0 Å². The molecule has 108 valence electrons. The molecule has 2 nitrogen and oxygen atoms in total. The third kappa shape index (κ3) is 2.77. The fourth-order valence-corrected chi connectivity index (χ4v) is 3.83. The van der Waals surface area contributed by atoms with Gasteiger partial charge < -0.3 is 5.32 Å². The van der Waals surface area contributed by atoms with Crippen LogP contribution in [0, 0.1) is 12.8 Å². The number of hydrogen-bond acceptors (Lipinski definition) is 2. The van der Waals surface area contributed by atoms with Gasteiger partial charge in [0.25, 0.3) is 0 Å². The number of carbonyl (C=O) groups is 1. The molecule has 1 aliphatic carbocycles. The van der Waals surface area contributed by atoms with Crippen molar-refractivity contribution in [2.45, 2.75) is 57.5 Å². The lowest BCUT2D eigenvalue weighted by Gasteiger charge is -2.40. The Hall–Kier alpha value is -0.860. The third-order valence-corrected chi connectivity index (χ3v) is 5.33. The summed E-state index contributed by atoms with van der Waals surface area (Å²) >= 11 is 6.13. The minimum absolute atomic E-state index is 0.0203. The maximum absolute atomic E-state index is 12.6. The van der Waals surface area contributed by atoms with Crippen LogP contribution in [0.15, 0.2) is 18.2 Å². The van der Waals surface area contributed by atoms with E-state index in [-0.39, 0.29) is 11.8 Å². The van der Waals surface area contributed by atoms with Gasteiger partial charge in [-0.3, -0.25) is 4.79 Å². The molecule has 2 fully saturated rings. The van der Waals surface area contributed by atoms with Crippen molar-refractivity contribution in [2.75, 3.05) is 0 Å². The van der Waals surface area contributed by atoms with Crippen LogP contribution in [0.4, 0.5) is 0 Å². The van der Waals surface area contributed by atoms with E-state index < -0.39 is 0 Å². The van der Waals surface area contributed by atoms with E-state index in [4.69, 9.17) is 11.6 Å². The topological polar surface area (TPSA) is 29.1 Å². The van der Waals surface area contributed by atoms with Crippen LogP contribution in [-0.4, -0.2) is 17.9 Å². The molecule has 1 N–H and O–H groups in total. The summed E-state index contributed by atoms with van der Waals surface area (Å²) in [6.07, 6.45) is 7.36. The van der Waals surface area contributed by atoms with Crippen molar-refractivity contribution in [2.24, 2.45) is 5.92 Å². The number of fused-ring (bicyclic) bond motifs is 1. The fraction of sp³-hybridized carbons (Fsp3) is 0.588. The van der Waals surface area contributed by atoms with Crippen molar-refractivity contribution >= 4 is 17.4 Å². The highest BCUT2D eigenvalue weighted by Gasteiger charge is 2.34. The maximum Gasteiger partial charge on any atom is 0.179 e. The molecule has 0 aromatic heterocycles. The van der Waals surface area contributed by atoms with Gasteiger partial charge in [0.1, 0.15) is 0 Å². The lowest BCUT2D eigenvalue weighted by Crippen LogP contribution is -2.52. The van der Waals surface area contributed by atoms with Crippen LogP contribution in [0.3, 0.4) is 0 Å². The van der Waals surface area contributed by atoms with Gasteiger partial charge in [0, 0.05) is 16.6 Å². The Morgan fingerprint density at radius 3 is 2.80 bits per heavy atom. The maximum atomic E-state index is 12.6. The lowest BCUT2D eigenvalue weighted by molar-refractivity contribution is 0.0861. The molecule has 1 aromatic rings. The zero-order chi connectivity index (χ0) is 14.1. The van der Waals surface area contributed by atoms with Gasteiger partial charge in [-0.1, -0.05) is 36.6 Å². The van der Waals surface area contributed by atoms with Crippen molar-refractivity contribution in [3.63, 3.8) is 0 Å². The number of hydrogen-bond donors (Lipinski definition) is 1. The smallest absolute Gasteiger partial charge is 0.179 e. The standard InChI is InChI=1S/C17H22ClNO/c1-11-6-7-13(10-14(11)18)17(20)16-9-8-12-4-2-3-5-15(12)19-16/h6-7,10,12,15-16,19H,2-5,8-9H2,1H3. The molecular formula is C17H22ClNO. The Morgan fingerprint density at radius 1 is 1.20 bits per heavy atom. The van der Waals surface area contributed by atoms with Crippen LogP contribution in [-0.2, 0) is 0 Å². The zero-order valence-electron chi connectivity index (χ0n) is 12.0. The summed E-state index contributed by atoms with van der Waals surface area (Å²) < 4.78 is 0. The Balaban J connectivity index is 1.72. The van der Waals surface area contributed by atoms with E-state index in [1.807, 2.05) is 25.1 Å². The highest BCUT2D eigenvalue weighted by atomic mass is 35.5. The normalized spacial score (nSPS) is 29.8. The molecule has 1 saturated heterocycles. The zero-order valence-corrected chi connectivity index (χ0v) is 12.7. The van der Waals surface area contributed by atoms with Crippen molar-refractivity contribution in [3.8, 4) is 0 Å². The number of nitrogens with one attached hydrogen (secondary N) is 1. The van der Waals surface area contributed by atoms with Gasteiger partial charge in [-0.25, -0.2) is 0 Å². The average molecular weight is 292 g/mol. The first-order valence-corrected chi connectivity index (χ1v) is 8.09. The molecular weight excluding hydrogens is 270 g/mol. The first-order chi connectivity index (χ1) is 9.65. The number of carbonyl (C=O) groups excluding carboxylic acids is 1. The Kier molecular flexibility index (Phi) is 4.13. The molecule has 20 heavy (non-hydrogen) atoms. The number of halogens is 1. The first kappa shape index (κ1) is 14.1. The summed E-state index contributed by atoms with van der Waals surface area (Å²) in [7, 11) is 0. The highest BCUT2D eigenvalue weighted by Crippen LogP contribution is 2.33. The van der Waals surface area contributed by atoms with Crippen molar-refractivity contribution in [1.29, 1.82) is 0 Å². The van der Waals surface area contributed by atoms with Crippen molar-refractivity contribution in [1.82, 2.24) is 5.32 Å². The predicted molar refractivity (Wildman–Crippen MR) is 82.4 cm³/mol. The second-order valence-electron chi connectivity index (χ2n) is 6.28. The van der Waals surface area contributed by atoms with Crippen LogP contribution in [0.25, 0.3) is 0 Å². The number of Topliss-reactive ketones (excluding diaryl/α,β-unsaturated/α-hetero) is 1. The molecule has 1 aromatic carbocycles. The molecule has 1 aliphatic heterocycles. The van der Waals surface area contributed by atoms with Crippen molar-refractivity contribution < 1.29 is 4.79 Å². The Morgan fingerprint density at radius 2 is 2.00 bits per heavy atom. The largest absolute Gasteiger partial charge is 0.304 e. The monoisotopic (exact) mass is 291 g/mol. The van der Waals surface area contributed by atoms with E-state index in [0.717, 1.165) is 23.5 Å². The van der Waals surface area contributed by atoms with Crippen LogP contribution in [0.1, 0.15) is 54.4 Å². The van der Waals surface area contributed by atoms with Crippen molar-refractivity contribution in [3.05, 3.63) is 34.3 Å². The van der Waals surface area contributed by atoms with E-state index >= 15 is 0 Å². The molecule has 0 radical (unpaired) electrons. The lowest BCUT2D eigenvalue weighted by atomic mass is 9.77. The van der Waals surface area contributed by atoms with Crippen LogP contribution < -0.4 is 5.32 Å². The number of benzene rings is 1. The minimum Gasteiger partial charge on any atom is -0.304 e. The summed E-state index contributed by atoms with van der Waals surface area (Å²) in [6, 6.07) is 6.17. The van der Waals surface area contributed by atoms with Crippen LogP contribution >= 0.6 is 11.6 Å².